The molecule has 0 fully saturated rings. The minimum absolute atomic E-state index is 0. The second kappa shape index (κ2) is 12.9. The van der Waals surface area contributed by atoms with Gasteiger partial charge in [0.2, 0.25) is 0 Å². The number of fused-ring (bicyclic) bond motifs is 7. The van der Waals surface area contributed by atoms with Crippen LogP contribution in [0, 0.1) is 0 Å². The summed E-state index contributed by atoms with van der Waals surface area (Å²) in [4.78, 5) is 9.71. The van der Waals surface area contributed by atoms with Crippen molar-refractivity contribution in [3.8, 4) is 34.1 Å². The fourth-order valence-electron chi connectivity index (χ4n) is 7.72. The van der Waals surface area contributed by atoms with Crippen LogP contribution in [0.15, 0.2) is 169 Å². The van der Waals surface area contributed by atoms with Gasteiger partial charge in [0.05, 0.1) is 56.4 Å². The van der Waals surface area contributed by atoms with Crippen molar-refractivity contribution in [1.82, 2.24) is 14.1 Å². The van der Waals surface area contributed by atoms with Crippen molar-refractivity contribution in [2.24, 2.45) is 4.99 Å². The molecule has 0 unspecified atom stereocenters. The molecule has 256 valence electrons. The van der Waals surface area contributed by atoms with Crippen LogP contribution >= 0.6 is 0 Å². The molecule has 10 aromatic rings. The molecular formula is C46H30N4O2Pt. The van der Waals surface area contributed by atoms with E-state index in [1.807, 2.05) is 66.7 Å². The minimum Gasteiger partial charge on any atom is -0.507 e. The van der Waals surface area contributed by atoms with Gasteiger partial charge in [-0.3, -0.25) is 4.99 Å². The maximum atomic E-state index is 11.4. The van der Waals surface area contributed by atoms with Gasteiger partial charge in [0, 0.05) is 65.3 Å². The van der Waals surface area contributed by atoms with E-state index in [4.69, 9.17) is 9.98 Å². The molecule has 10 rings (SSSR count). The van der Waals surface area contributed by atoms with Crippen molar-refractivity contribution in [3.63, 3.8) is 0 Å². The molecule has 0 aliphatic carbocycles. The van der Waals surface area contributed by atoms with Crippen molar-refractivity contribution in [2.45, 2.75) is 0 Å². The Morgan fingerprint density at radius 3 is 1.64 bits per heavy atom. The SMILES string of the molecule is Oc1cc(-n2c3ccccc3c3ccccc32)ccc1-c1cccc(C=Nc2cccc3c(-n4c5ccccc5c5ccccc54)ccc(O)c23)n1.[Pt]. The zero-order valence-electron chi connectivity index (χ0n) is 28.2. The quantitative estimate of drug-likeness (QED) is 0.169. The van der Waals surface area contributed by atoms with E-state index in [0.29, 0.717) is 28.0 Å². The van der Waals surface area contributed by atoms with Crippen LogP contribution in [0.5, 0.6) is 11.5 Å². The molecule has 0 atom stereocenters. The first kappa shape index (κ1) is 32.4. The third kappa shape index (κ3) is 5.22. The second-order valence-electron chi connectivity index (χ2n) is 13.0. The van der Waals surface area contributed by atoms with E-state index in [9.17, 15) is 10.2 Å². The van der Waals surface area contributed by atoms with E-state index in [2.05, 4.69) is 94.1 Å². The number of benzene rings is 7. The Labute approximate surface area is 318 Å². The fourth-order valence-corrected chi connectivity index (χ4v) is 7.72. The zero-order valence-corrected chi connectivity index (χ0v) is 30.4. The number of nitrogens with zero attached hydrogens (tertiary/aromatic N) is 4. The van der Waals surface area contributed by atoms with Crippen LogP contribution in [-0.4, -0.2) is 30.5 Å². The predicted octanol–water partition coefficient (Wildman–Crippen LogP) is 11.3. The normalized spacial score (nSPS) is 11.7. The van der Waals surface area contributed by atoms with Gasteiger partial charge in [-0.05, 0) is 66.7 Å². The van der Waals surface area contributed by atoms with E-state index < -0.39 is 0 Å². The number of pyridine rings is 1. The molecule has 2 N–H and O–H groups in total. The smallest absolute Gasteiger partial charge is 0.127 e. The number of hydrogen-bond donors (Lipinski definition) is 2. The molecule has 0 amide bonds. The van der Waals surface area contributed by atoms with Gasteiger partial charge < -0.3 is 19.3 Å². The van der Waals surface area contributed by atoms with Gasteiger partial charge in [0.25, 0.3) is 0 Å². The van der Waals surface area contributed by atoms with Gasteiger partial charge in [-0.2, -0.15) is 0 Å². The van der Waals surface area contributed by atoms with Crippen molar-refractivity contribution >= 4 is 66.3 Å². The van der Waals surface area contributed by atoms with Crippen molar-refractivity contribution in [3.05, 3.63) is 169 Å². The Morgan fingerprint density at radius 1 is 0.491 bits per heavy atom. The third-order valence-electron chi connectivity index (χ3n) is 10.00. The fraction of sp³-hybridized carbons (Fsp3) is 0. The molecule has 6 nitrogen and oxygen atoms in total. The van der Waals surface area contributed by atoms with E-state index >= 15 is 0 Å². The van der Waals surface area contributed by atoms with E-state index in [-0.39, 0.29) is 32.6 Å². The topological polar surface area (TPSA) is 75.6 Å². The number of phenols is 2. The van der Waals surface area contributed by atoms with Gasteiger partial charge in [-0.1, -0.05) is 91.0 Å². The molecule has 0 radical (unpaired) electrons. The number of rotatable bonds is 5. The van der Waals surface area contributed by atoms with Crippen LogP contribution in [0.1, 0.15) is 5.69 Å². The minimum atomic E-state index is 0. The van der Waals surface area contributed by atoms with Gasteiger partial charge in [-0.25, -0.2) is 4.98 Å². The Bertz CT molecular complexity index is 2960. The van der Waals surface area contributed by atoms with Crippen LogP contribution < -0.4 is 0 Å². The summed E-state index contributed by atoms with van der Waals surface area (Å²) in [6, 6.07) is 54.4. The van der Waals surface area contributed by atoms with Crippen molar-refractivity contribution in [2.75, 3.05) is 0 Å². The number of aromatic nitrogens is 3. The maximum absolute atomic E-state index is 11.4. The van der Waals surface area contributed by atoms with Gasteiger partial charge in [-0.15, -0.1) is 0 Å². The van der Waals surface area contributed by atoms with Crippen LogP contribution in [0.4, 0.5) is 5.69 Å². The molecule has 0 saturated heterocycles. The summed E-state index contributed by atoms with van der Waals surface area (Å²) in [5, 5.41) is 28.8. The summed E-state index contributed by atoms with van der Waals surface area (Å²) in [5.74, 6) is 0.291. The average molecular weight is 866 g/mol. The van der Waals surface area contributed by atoms with Crippen LogP contribution in [-0.2, 0) is 21.1 Å². The molecule has 0 bridgehead atoms. The Hall–Kier alpha value is -6.49. The first-order chi connectivity index (χ1) is 25.6. The van der Waals surface area contributed by atoms with Gasteiger partial charge >= 0.3 is 0 Å². The average Bonchev–Trinajstić information content (AvgIpc) is 3.70. The van der Waals surface area contributed by atoms with E-state index in [1.165, 1.54) is 10.8 Å². The van der Waals surface area contributed by atoms with Crippen LogP contribution in [0.25, 0.3) is 77.0 Å². The Morgan fingerprint density at radius 2 is 1.04 bits per heavy atom. The van der Waals surface area contributed by atoms with Crippen molar-refractivity contribution < 1.29 is 31.3 Å². The summed E-state index contributed by atoms with van der Waals surface area (Å²) in [6.07, 6.45) is 1.70. The second-order valence-corrected chi connectivity index (χ2v) is 13.0. The summed E-state index contributed by atoms with van der Waals surface area (Å²) in [6.45, 7) is 0. The number of phenolic OH excluding ortho intramolecular Hbond substituents is 2. The van der Waals surface area contributed by atoms with E-state index in [0.717, 1.165) is 49.6 Å². The van der Waals surface area contributed by atoms with Crippen LogP contribution in [0.3, 0.4) is 0 Å². The monoisotopic (exact) mass is 865 g/mol. The molecule has 0 saturated carbocycles. The number of para-hydroxylation sites is 4. The standard InChI is InChI=1S/C46H30N4O2.Pt/c51-44-26-25-43(50-41-21-7-3-14-33(41)34-15-4-8-22-42(34)50)36-16-10-18-38(46(36)44)47-28-29-11-9-17-37(48-29)35-24-23-30(27-45(35)52)49-39-19-5-1-12-31(39)32-13-2-6-20-40(32)49;/h1-28,51-52H;. The Kier molecular flexibility index (Phi) is 7.91. The predicted molar refractivity (Wildman–Crippen MR) is 213 cm³/mol. The number of aromatic hydroxyl groups is 2. The molecule has 0 spiro atoms. The summed E-state index contributed by atoms with van der Waals surface area (Å²) >= 11 is 0. The maximum Gasteiger partial charge on any atom is 0.127 e. The van der Waals surface area contributed by atoms with Crippen molar-refractivity contribution in [1.29, 1.82) is 0 Å². The molecule has 3 aromatic heterocycles. The summed E-state index contributed by atoms with van der Waals surface area (Å²) in [7, 11) is 0. The molecule has 53 heavy (non-hydrogen) atoms. The molecule has 7 aromatic carbocycles. The first-order valence-electron chi connectivity index (χ1n) is 17.2. The molecule has 0 aliphatic rings. The first-order valence-corrected chi connectivity index (χ1v) is 17.2. The molecule has 3 heterocycles. The molecular weight excluding hydrogens is 836 g/mol. The molecule has 7 heteroatoms. The number of hydrogen-bond acceptors (Lipinski definition) is 4. The summed E-state index contributed by atoms with van der Waals surface area (Å²) < 4.78 is 4.43. The van der Waals surface area contributed by atoms with E-state index in [1.54, 1.807) is 18.3 Å². The van der Waals surface area contributed by atoms with Gasteiger partial charge in [0.1, 0.15) is 11.5 Å². The summed E-state index contributed by atoms with van der Waals surface area (Å²) in [5.41, 5.74) is 8.68. The van der Waals surface area contributed by atoms with Gasteiger partial charge in [0.15, 0.2) is 0 Å². The third-order valence-corrected chi connectivity index (χ3v) is 10.00. The largest absolute Gasteiger partial charge is 0.507 e. The number of aliphatic imine (C=N–C) groups is 1. The molecule has 0 aliphatic heterocycles. The van der Waals surface area contributed by atoms with Crippen LogP contribution in [0.2, 0.25) is 0 Å². The zero-order chi connectivity index (χ0) is 34.8. The Balaban J connectivity index is 0.00000372.